The van der Waals surface area contributed by atoms with Crippen molar-refractivity contribution in [2.45, 2.75) is 0 Å². The van der Waals surface area contributed by atoms with Gasteiger partial charge in [0.1, 0.15) is 5.75 Å². The number of amides is 1. The van der Waals surface area contributed by atoms with Crippen LogP contribution in [-0.4, -0.2) is 34.4 Å². The lowest BCUT2D eigenvalue weighted by Gasteiger charge is -2.08. The first-order valence-corrected chi connectivity index (χ1v) is 9.93. The van der Waals surface area contributed by atoms with E-state index in [-0.39, 0.29) is 12.2 Å². The third kappa shape index (κ3) is 5.55. The minimum Gasteiger partial charge on any atom is -0.483 e. The number of carboxylic acids is 1. The molecule has 0 bridgehead atoms. The summed E-state index contributed by atoms with van der Waals surface area (Å²) in [5.41, 5.74) is 4.11. The molecule has 0 saturated heterocycles. The van der Waals surface area contributed by atoms with Gasteiger partial charge in [-0.1, -0.05) is 15.9 Å². The Hall–Kier alpha value is -2.91. The van der Waals surface area contributed by atoms with Crippen molar-refractivity contribution >= 4 is 50.0 Å². The van der Waals surface area contributed by atoms with Gasteiger partial charge in [-0.05, 0) is 70.5 Å². The maximum Gasteiger partial charge on any atom is 0.335 e. The largest absolute Gasteiger partial charge is 0.483 e. The Kier molecular flexibility index (Phi) is 6.84. The smallest absolute Gasteiger partial charge is 0.335 e. The topological polar surface area (TPSA) is 92.9 Å². The highest BCUT2D eigenvalue weighted by Crippen LogP contribution is 2.28. The summed E-state index contributed by atoms with van der Waals surface area (Å²) in [7, 11) is 0. The minimum absolute atomic E-state index is 0.185. The van der Waals surface area contributed by atoms with Crippen LogP contribution in [0.15, 0.2) is 74.8 Å². The first-order chi connectivity index (χ1) is 13.9. The molecule has 0 aliphatic rings. The number of carbonyl (C=O) groups is 2. The van der Waals surface area contributed by atoms with E-state index >= 15 is 0 Å². The molecule has 0 spiro atoms. The monoisotopic (exact) mass is 519 g/mol. The maximum absolute atomic E-state index is 11.9. The second-order valence-corrected chi connectivity index (χ2v) is 7.58. The zero-order valence-electron chi connectivity index (χ0n) is 14.9. The summed E-state index contributed by atoms with van der Waals surface area (Å²) >= 11 is 6.72. The lowest BCUT2D eigenvalue weighted by molar-refractivity contribution is -0.123. The molecular weight excluding hydrogens is 506 g/mol. The minimum atomic E-state index is -0.981. The third-order valence-corrected chi connectivity index (χ3v) is 4.92. The Morgan fingerprint density at radius 1 is 1.14 bits per heavy atom. The number of nitrogens with one attached hydrogen (secondary N) is 1. The van der Waals surface area contributed by atoms with Crippen molar-refractivity contribution in [3.8, 4) is 11.4 Å². The number of hydrogen-bond acceptors (Lipinski definition) is 4. The van der Waals surface area contributed by atoms with E-state index in [0.717, 1.165) is 14.6 Å². The zero-order chi connectivity index (χ0) is 20.8. The fourth-order valence-corrected chi connectivity index (χ4v) is 3.60. The van der Waals surface area contributed by atoms with Crippen LogP contribution in [0.2, 0.25) is 0 Å². The average Bonchev–Trinajstić information content (AvgIpc) is 3.16. The molecule has 29 heavy (non-hydrogen) atoms. The van der Waals surface area contributed by atoms with Crippen molar-refractivity contribution in [2.75, 3.05) is 6.61 Å². The Morgan fingerprint density at radius 2 is 1.90 bits per heavy atom. The van der Waals surface area contributed by atoms with E-state index in [0.29, 0.717) is 11.4 Å². The maximum atomic E-state index is 11.9. The van der Waals surface area contributed by atoms with Crippen LogP contribution in [0.5, 0.6) is 5.75 Å². The highest BCUT2D eigenvalue weighted by molar-refractivity contribution is 9.11. The molecule has 0 atom stereocenters. The quantitative estimate of drug-likeness (QED) is 0.360. The van der Waals surface area contributed by atoms with Gasteiger partial charge in [-0.25, -0.2) is 10.2 Å². The molecule has 0 aliphatic heterocycles. The van der Waals surface area contributed by atoms with E-state index in [2.05, 4.69) is 42.4 Å². The third-order valence-electron chi connectivity index (χ3n) is 3.81. The van der Waals surface area contributed by atoms with Crippen LogP contribution in [0.4, 0.5) is 0 Å². The standard InChI is InChI=1S/C20H15Br2N3O4/c21-14-5-8-18(17(22)10-14)29-12-19(26)24-23-11-16-2-1-9-25(16)15-6-3-13(4-7-15)20(27)28/h1-11H,12H2,(H,24,26)(H,27,28)/b23-11+. The Morgan fingerprint density at radius 3 is 2.59 bits per heavy atom. The predicted octanol–water partition coefficient (Wildman–Crippen LogP) is 4.23. The lowest BCUT2D eigenvalue weighted by atomic mass is 10.2. The van der Waals surface area contributed by atoms with Gasteiger partial charge in [0, 0.05) is 16.4 Å². The van der Waals surface area contributed by atoms with Crippen LogP contribution >= 0.6 is 31.9 Å². The SMILES string of the molecule is O=C(COc1ccc(Br)cc1Br)N/N=C/c1cccn1-c1ccc(C(=O)O)cc1. The number of rotatable bonds is 7. The van der Waals surface area contributed by atoms with Crippen LogP contribution in [-0.2, 0) is 4.79 Å². The first kappa shape index (κ1) is 20.8. The molecule has 0 unspecified atom stereocenters. The Bertz CT molecular complexity index is 1060. The highest BCUT2D eigenvalue weighted by Gasteiger charge is 2.07. The summed E-state index contributed by atoms with van der Waals surface area (Å²) in [6, 6.07) is 15.5. The van der Waals surface area contributed by atoms with Gasteiger partial charge in [-0.3, -0.25) is 4.79 Å². The summed E-state index contributed by atoms with van der Waals surface area (Å²) in [5.74, 6) is -0.836. The van der Waals surface area contributed by atoms with Gasteiger partial charge < -0.3 is 14.4 Å². The van der Waals surface area contributed by atoms with Crippen molar-refractivity contribution in [3.63, 3.8) is 0 Å². The molecular formula is C20H15Br2N3O4. The molecule has 1 aromatic heterocycles. The fourth-order valence-electron chi connectivity index (χ4n) is 2.44. The van der Waals surface area contributed by atoms with Crippen molar-refractivity contribution in [1.29, 1.82) is 0 Å². The molecule has 1 amide bonds. The van der Waals surface area contributed by atoms with Gasteiger partial charge >= 0.3 is 5.97 Å². The normalized spacial score (nSPS) is 10.8. The molecule has 3 rings (SSSR count). The second-order valence-electron chi connectivity index (χ2n) is 5.81. The summed E-state index contributed by atoms with van der Waals surface area (Å²) in [6.45, 7) is -0.185. The van der Waals surface area contributed by atoms with Gasteiger partial charge in [0.15, 0.2) is 6.61 Å². The van der Waals surface area contributed by atoms with Crippen LogP contribution < -0.4 is 10.2 Å². The van der Waals surface area contributed by atoms with Crippen LogP contribution in [0, 0.1) is 0 Å². The Labute approximate surface area is 183 Å². The number of ether oxygens (including phenoxy) is 1. The van der Waals surface area contributed by atoms with Gasteiger partial charge in [-0.15, -0.1) is 0 Å². The summed E-state index contributed by atoms with van der Waals surface area (Å²) in [6.07, 6.45) is 3.31. The number of aromatic nitrogens is 1. The number of halogens is 2. The molecule has 148 valence electrons. The van der Waals surface area contributed by atoms with E-state index in [1.807, 2.05) is 35.0 Å². The van der Waals surface area contributed by atoms with E-state index in [1.165, 1.54) is 18.3 Å². The molecule has 0 aliphatic carbocycles. The molecule has 3 aromatic rings. The summed E-state index contributed by atoms with van der Waals surface area (Å²) < 4.78 is 8.90. The number of hydrazone groups is 1. The lowest BCUT2D eigenvalue weighted by Crippen LogP contribution is -2.24. The predicted molar refractivity (Wildman–Crippen MR) is 116 cm³/mol. The zero-order valence-corrected chi connectivity index (χ0v) is 18.1. The number of benzene rings is 2. The first-order valence-electron chi connectivity index (χ1n) is 8.35. The van der Waals surface area contributed by atoms with E-state index in [4.69, 9.17) is 9.84 Å². The molecule has 0 saturated carbocycles. The van der Waals surface area contributed by atoms with E-state index in [1.54, 1.807) is 18.2 Å². The highest BCUT2D eigenvalue weighted by atomic mass is 79.9. The average molecular weight is 521 g/mol. The van der Waals surface area contributed by atoms with Crippen LogP contribution in [0.1, 0.15) is 16.1 Å². The van der Waals surface area contributed by atoms with E-state index in [9.17, 15) is 9.59 Å². The fraction of sp³-hybridized carbons (Fsp3) is 0.0500. The molecule has 7 nitrogen and oxygen atoms in total. The number of nitrogens with zero attached hydrogens (tertiary/aromatic N) is 2. The number of carbonyl (C=O) groups excluding carboxylic acids is 1. The molecule has 0 radical (unpaired) electrons. The molecule has 2 aromatic carbocycles. The molecule has 0 fully saturated rings. The van der Waals surface area contributed by atoms with Gasteiger partial charge in [-0.2, -0.15) is 5.10 Å². The van der Waals surface area contributed by atoms with Crippen molar-refractivity contribution in [1.82, 2.24) is 9.99 Å². The number of carboxylic acid groups (broad SMARTS) is 1. The number of hydrogen-bond donors (Lipinski definition) is 2. The van der Waals surface area contributed by atoms with Crippen LogP contribution in [0.25, 0.3) is 5.69 Å². The van der Waals surface area contributed by atoms with Crippen molar-refractivity contribution < 1.29 is 19.4 Å². The molecule has 2 N–H and O–H groups in total. The van der Waals surface area contributed by atoms with Gasteiger partial charge in [0.2, 0.25) is 0 Å². The van der Waals surface area contributed by atoms with Gasteiger partial charge in [0.25, 0.3) is 5.91 Å². The van der Waals surface area contributed by atoms with Crippen LogP contribution in [0.3, 0.4) is 0 Å². The molecule has 1 heterocycles. The van der Waals surface area contributed by atoms with Crippen molar-refractivity contribution in [3.05, 3.63) is 81.0 Å². The van der Waals surface area contributed by atoms with Crippen molar-refractivity contribution in [2.24, 2.45) is 5.10 Å². The number of aromatic carboxylic acids is 1. The summed E-state index contributed by atoms with van der Waals surface area (Å²) in [4.78, 5) is 22.9. The van der Waals surface area contributed by atoms with Gasteiger partial charge in [0.05, 0.1) is 21.9 Å². The summed E-state index contributed by atoms with van der Waals surface area (Å²) in [5, 5.41) is 12.9. The molecule has 9 heteroatoms. The van der Waals surface area contributed by atoms with E-state index < -0.39 is 11.9 Å². The Balaban J connectivity index is 1.59. The second kappa shape index (κ2) is 9.53.